The number of hydrogen-bond donors (Lipinski definition) is 2. The van der Waals surface area contributed by atoms with E-state index < -0.39 is 47.2 Å². The Labute approximate surface area is 211 Å². The number of benzene rings is 2. The number of carbonyl (C=O) groups is 2. The van der Waals surface area contributed by atoms with Gasteiger partial charge in [-0.15, -0.1) is 0 Å². The summed E-state index contributed by atoms with van der Waals surface area (Å²) >= 11 is 7.16. The maximum absolute atomic E-state index is 13.3. The van der Waals surface area contributed by atoms with E-state index in [-0.39, 0.29) is 18.9 Å². The van der Waals surface area contributed by atoms with E-state index >= 15 is 0 Å². The van der Waals surface area contributed by atoms with Gasteiger partial charge in [-0.1, -0.05) is 48.0 Å². The quantitative estimate of drug-likeness (QED) is 0.442. The average Bonchev–Trinajstić information content (AvgIpc) is 2.82. The van der Waals surface area contributed by atoms with Crippen LogP contribution in [0.5, 0.6) is 0 Å². The van der Waals surface area contributed by atoms with Crippen molar-refractivity contribution in [3.63, 3.8) is 0 Å². The van der Waals surface area contributed by atoms with Crippen LogP contribution in [-0.4, -0.2) is 53.4 Å². The van der Waals surface area contributed by atoms with Gasteiger partial charge in [0.25, 0.3) is 5.91 Å². The van der Waals surface area contributed by atoms with Crippen molar-refractivity contribution in [1.29, 1.82) is 0 Å². The molecule has 7 nitrogen and oxygen atoms in total. The van der Waals surface area contributed by atoms with Crippen LogP contribution >= 0.6 is 11.6 Å². The summed E-state index contributed by atoms with van der Waals surface area (Å²) in [5.41, 5.74) is 0.109. The molecular formula is C25H27ClF3N3O4. The molecule has 5 unspecified atom stereocenters. The fourth-order valence-electron chi connectivity index (χ4n) is 4.89. The number of nitrogens with one attached hydrogen (secondary N) is 2. The fourth-order valence-corrected chi connectivity index (χ4v) is 5.36. The number of alkyl halides is 4. The van der Waals surface area contributed by atoms with E-state index in [1.807, 2.05) is 0 Å². The second-order valence-electron chi connectivity index (χ2n) is 9.01. The zero-order valence-corrected chi connectivity index (χ0v) is 20.5. The van der Waals surface area contributed by atoms with Crippen molar-refractivity contribution < 1.29 is 32.2 Å². The summed E-state index contributed by atoms with van der Waals surface area (Å²) in [5.74, 6) is -0.681. The summed E-state index contributed by atoms with van der Waals surface area (Å²) in [5, 5.41) is 5.69. The largest absolute Gasteiger partial charge is 0.416 e. The van der Waals surface area contributed by atoms with Crippen molar-refractivity contribution in [2.24, 2.45) is 0 Å². The molecule has 11 heteroatoms. The first-order chi connectivity index (χ1) is 17.0. The van der Waals surface area contributed by atoms with Gasteiger partial charge in [-0.3, -0.25) is 14.5 Å². The Kier molecular flexibility index (Phi) is 7.61. The third-order valence-corrected chi connectivity index (χ3v) is 7.04. The van der Waals surface area contributed by atoms with E-state index in [1.165, 1.54) is 20.1 Å². The number of fused-ring (bicyclic) bond motifs is 2. The Morgan fingerprint density at radius 3 is 2.53 bits per heavy atom. The number of hydrogen-bond acceptors (Lipinski definition) is 5. The minimum absolute atomic E-state index is 0.0523. The third kappa shape index (κ3) is 5.51. The Morgan fingerprint density at radius 1 is 1.17 bits per heavy atom. The molecule has 2 aliphatic rings. The average molecular weight is 526 g/mol. The van der Waals surface area contributed by atoms with E-state index in [0.717, 1.165) is 12.1 Å². The van der Waals surface area contributed by atoms with Gasteiger partial charge in [0.15, 0.2) is 12.5 Å². The number of nitrogens with zero attached hydrogens (tertiary/aromatic N) is 1. The number of halogens is 4. The Morgan fingerprint density at radius 2 is 1.89 bits per heavy atom. The zero-order chi connectivity index (χ0) is 26.1. The lowest BCUT2D eigenvalue weighted by Crippen LogP contribution is -2.74. The van der Waals surface area contributed by atoms with Gasteiger partial charge < -0.3 is 20.1 Å². The van der Waals surface area contributed by atoms with Gasteiger partial charge in [0.2, 0.25) is 5.91 Å². The summed E-state index contributed by atoms with van der Waals surface area (Å²) in [6.45, 7) is 1.36. The molecular weight excluding hydrogens is 499 g/mol. The molecule has 0 aromatic heterocycles. The van der Waals surface area contributed by atoms with Crippen LogP contribution in [0.25, 0.3) is 0 Å². The minimum Gasteiger partial charge on any atom is -0.354 e. The van der Waals surface area contributed by atoms with Crippen LogP contribution in [0.2, 0.25) is 0 Å². The first-order valence-corrected chi connectivity index (χ1v) is 11.8. The molecule has 2 N–H and O–H groups in total. The second-order valence-corrected chi connectivity index (χ2v) is 9.66. The number of carbonyl (C=O) groups excluding carboxylic acids is 2. The highest BCUT2D eigenvalue weighted by Crippen LogP contribution is 2.46. The number of morpholine rings is 1. The molecule has 0 radical (unpaired) electrons. The molecule has 4 rings (SSSR count). The van der Waals surface area contributed by atoms with Crippen molar-refractivity contribution >= 4 is 23.4 Å². The van der Waals surface area contributed by atoms with Crippen LogP contribution in [0.15, 0.2) is 54.6 Å². The minimum atomic E-state index is -4.49. The van der Waals surface area contributed by atoms with E-state index in [1.54, 1.807) is 41.3 Å². The molecule has 194 valence electrons. The lowest BCUT2D eigenvalue weighted by atomic mass is 9.86. The zero-order valence-electron chi connectivity index (χ0n) is 19.7. The van der Waals surface area contributed by atoms with Crippen LogP contribution in [-0.2, 0) is 27.0 Å². The lowest BCUT2D eigenvalue weighted by Gasteiger charge is -2.58. The van der Waals surface area contributed by atoms with Crippen molar-refractivity contribution in [2.75, 3.05) is 7.11 Å². The number of rotatable bonds is 6. The standard InChI is InChI=1S/C25H27ClF3N3O4/c1-15(33)30-23-24(26)13-19(31-21(34)17-8-4-3-5-9-17)12-20(22(35-2)36-23)32(24)14-16-7-6-10-18(11-16)25(27,28)29/h3-11,19-20,22-23H,12-14H2,1-2H3,(H,30,33)(H,31,34). The molecule has 2 aliphatic heterocycles. The monoisotopic (exact) mass is 525 g/mol. The van der Waals surface area contributed by atoms with Crippen LogP contribution < -0.4 is 10.6 Å². The van der Waals surface area contributed by atoms with Crippen LogP contribution in [0.3, 0.4) is 0 Å². The van der Waals surface area contributed by atoms with E-state index in [0.29, 0.717) is 17.5 Å². The van der Waals surface area contributed by atoms with Gasteiger partial charge in [0, 0.05) is 38.6 Å². The highest BCUT2D eigenvalue weighted by molar-refractivity contribution is 6.24. The molecule has 2 aromatic carbocycles. The highest BCUT2D eigenvalue weighted by atomic mass is 35.5. The molecule has 2 heterocycles. The molecule has 0 aliphatic carbocycles. The first-order valence-electron chi connectivity index (χ1n) is 11.4. The Hall–Kier alpha value is -2.66. The Balaban J connectivity index is 1.66. The van der Waals surface area contributed by atoms with Crippen LogP contribution in [0, 0.1) is 0 Å². The lowest BCUT2D eigenvalue weighted by molar-refractivity contribution is -0.276. The van der Waals surface area contributed by atoms with Crippen molar-refractivity contribution in [1.82, 2.24) is 15.5 Å². The van der Waals surface area contributed by atoms with E-state index in [2.05, 4.69) is 10.6 Å². The SMILES string of the molecule is COC1OC(NC(C)=O)C2(Cl)CC(NC(=O)c3ccccc3)CC1N2Cc1cccc(C(F)(F)F)c1. The molecule has 2 fully saturated rings. The molecule has 2 bridgehead atoms. The van der Waals surface area contributed by atoms with Gasteiger partial charge in [0.05, 0.1) is 11.6 Å². The van der Waals surface area contributed by atoms with Crippen LogP contribution in [0.1, 0.15) is 41.3 Å². The summed E-state index contributed by atoms with van der Waals surface area (Å²) < 4.78 is 51.5. The normalized spacial score (nSPS) is 28.4. The second kappa shape index (κ2) is 10.4. The number of methoxy groups -OCH3 is 1. The predicted molar refractivity (Wildman–Crippen MR) is 126 cm³/mol. The highest BCUT2D eigenvalue weighted by Gasteiger charge is 2.58. The fraction of sp³-hybridized carbons (Fsp3) is 0.440. The summed E-state index contributed by atoms with van der Waals surface area (Å²) in [7, 11) is 1.44. The number of ether oxygens (including phenoxy) is 2. The Bertz CT molecular complexity index is 1100. The van der Waals surface area contributed by atoms with Gasteiger partial charge >= 0.3 is 6.18 Å². The van der Waals surface area contributed by atoms with Crippen molar-refractivity contribution in [2.45, 2.75) is 62.1 Å². The number of amides is 2. The van der Waals surface area contributed by atoms with Crippen molar-refractivity contribution in [3.05, 3.63) is 71.3 Å². The molecule has 2 saturated heterocycles. The molecule has 2 aromatic rings. The molecule has 0 saturated carbocycles. The predicted octanol–water partition coefficient (Wildman–Crippen LogP) is 3.87. The molecule has 5 atom stereocenters. The molecule has 36 heavy (non-hydrogen) atoms. The summed E-state index contributed by atoms with van der Waals surface area (Å²) in [4.78, 5) is 25.2. The number of piperidine rings is 1. The third-order valence-electron chi connectivity index (χ3n) is 6.47. The maximum Gasteiger partial charge on any atom is 0.416 e. The van der Waals surface area contributed by atoms with Gasteiger partial charge in [-0.25, -0.2) is 0 Å². The smallest absolute Gasteiger partial charge is 0.354 e. The molecule has 2 amide bonds. The summed E-state index contributed by atoms with van der Waals surface area (Å²) in [6.07, 6.45) is -5.84. The van der Waals surface area contributed by atoms with Gasteiger partial charge in [0.1, 0.15) is 5.00 Å². The van der Waals surface area contributed by atoms with Crippen molar-refractivity contribution in [3.8, 4) is 0 Å². The molecule has 0 spiro atoms. The topological polar surface area (TPSA) is 79.9 Å². The summed E-state index contributed by atoms with van der Waals surface area (Å²) in [6, 6.07) is 12.8. The van der Waals surface area contributed by atoms with E-state index in [9.17, 15) is 22.8 Å². The first kappa shape index (κ1) is 26.4. The van der Waals surface area contributed by atoms with Gasteiger partial charge in [-0.2, -0.15) is 13.2 Å². The maximum atomic E-state index is 13.3. The van der Waals surface area contributed by atoms with Crippen LogP contribution in [0.4, 0.5) is 13.2 Å². The van der Waals surface area contributed by atoms with Gasteiger partial charge in [-0.05, 0) is 30.2 Å². The van der Waals surface area contributed by atoms with E-state index in [4.69, 9.17) is 21.1 Å².